The van der Waals surface area contributed by atoms with Gasteiger partial charge < -0.3 is 4.90 Å². The van der Waals surface area contributed by atoms with E-state index in [0.29, 0.717) is 0 Å². The molecule has 0 bridgehead atoms. The van der Waals surface area contributed by atoms with Gasteiger partial charge in [0.05, 0.1) is 5.50 Å². The van der Waals surface area contributed by atoms with Crippen molar-refractivity contribution in [1.82, 2.24) is 9.80 Å². The van der Waals surface area contributed by atoms with Crippen LogP contribution in [-0.4, -0.2) is 48.5 Å². The van der Waals surface area contributed by atoms with E-state index in [-0.39, 0.29) is 17.9 Å². The van der Waals surface area contributed by atoms with E-state index in [1.54, 1.807) is 0 Å². The first-order chi connectivity index (χ1) is 4.70. The maximum Gasteiger partial charge on any atom is 0.0822 e. The lowest BCUT2D eigenvalue weighted by Gasteiger charge is -2.33. The third kappa shape index (κ3) is 3.61. The van der Waals surface area contributed by atoms with Crippen LogP contribution in [0, 0.1) is 0 Å². The first-order valence-corrected chi connectivity index (χ1v) is 4.20. The summed E-state index contributed by atoms with van der Waals surface area (Å²) >= 11 is 5.91. The average Bonchev–Trinajstić information content (AvgIpc) is 1.88. The van der Waals surface area contributed by atoms with Crippen LogP contribution in [0.3, 0.4) is 0 Å². The summed E-state index contributed by atoms with van der Waals surface area (Å²) in [7, 11) is 2.15. The van der Waals surface area contributed by atoms with E-state index in [4.69, 9.17) is 11.6 Å². The number of halogens is 2. The Morgan fingerprint density at radius 3 is 2.00 bits per heavy atom. The number of hydrogen-bond acceptors (Lipinski definition) is 2. The van der Waals surface area contributed by atoms with Crippen molar-refractivity contribution in [3.05, 3.63) is 0 Å². The highest BCUT2D eigenvalue weighted by atomic mass is 35.5. The minimum atomic E-state index is 0. The van der Waals surface area contributed by atoms with E-state index in [9.17, 15) is 0 Å². The summed E-state index contributed by atoms with van der Waals surface area (Å²) in [6.45, 7) is 6.56. The second-order valence-corrected chi connectivity index (χ2v) is 3.54. The number of nitrogens with zero attached hydrogens (tertiary/aromatic N) is 2. The van der Waals surface area contributed by atoms with Gasteiger partial charge in [-0.25, -0.2) is 0 Å². The number of rotatable bonds is 1. The van der Waals surface area contributed by atoms with E-state index >= 15 is 0 Å². The summed E-state index contributed by atoms with van der Waals surface area (Å²) in [5.74, 6) is 0. The molecule has 0 aliphatic carbocycles. The van der Waals surface area contributed by atoms with Crippen LogP contribution in [0.5, 0.6) is 0 Å². The molecule has 0 amide bonds. The topological polar surface area (TPSA) is 6.48 Å². The van der Waals surface area contributed by atoms with Gasteiger partial charge in [-0.15, -0.1) is 24.0 Å². The minimum absolute atomic E-state index is 0. The summed E-state index contributed by atoms with van der Waals surface area (Å²) in [5, 5.41) is 0. The van der Waals surface area contributed by atoms with Gasteiger partial charge in [-0.2, -0.15) is 0 Å². The molecule has 0 aromatic rings. The molecular weight excluding hydrogens is 183 g/mol. The summed E-state index contributed by atoms with van der Waals surface area (Å²) in [6, 6.07) is 0. The summed E-state index contributed by atoms with van der Waals surface area (Å²) in [5.41, 5.74) is 0.202. The maximum atomic E-state index is 5.91. The van der Waals surface area contributed by atoms with E-state index < -0.39 is 0 Å². The minimum Gasteiger partial charge on any atom is -0.304 e. The predicted molar refractivity (Wildman–Crippen MR) is 51.6 cm³/mol. The van der Waals surface area contributed by atoms with Crippen LogP contribution in [0.2, 0.25) is 0 Å². The smallest absolute Gasteiger partial charge is 0.0822 e. The Morgan fingerprint density at radius 2 is 1.64 bits per heavy atom. The van der Waals surface area contributed by atoms with Crippen molar-refractivity contribution in [2.24, 2.45) is 0 Å². The zero-order valence-electron chi connectivity index (χ0n) is 7.09. The third-order valence-corrected chi connectivity index (χ3v) is 2.32. The van der Waals surface area contributed by atoms with Crippen molar-refractivity contribution in [1.29, 1.82) is 0 Å². The number of hydrogen-bond donors (Lipinski definition) is 0. The first kappa shape index (κ1) is 11.5. The molecule has 1 atom stereocenters. The van der Waals surface area contributed by atoms with Gasteiger partial charge in [0.2, 0.25) is 0 Å². The second-order valence-electron chi connectivity index (χ2n) is 2.91. The predicted octanol–water partition coefficient (Wildman–Crippen LogP) is 1.24. The van der Waals surface area contributed by atoms with Crippen molar-refractivity contribution in [3.8, 4) is 0 Å². The Kier molecular flexibility index (Phi) is 5.44. The Labute approximate surface area is 79.9 Å². The summed E-state index contributed by atoms with van der Waals surface area (Å²) in [4.78, 5) is 4.62. The third-order valence-electron chi connectivity index (χ3n) is 2.04. The highest BCUT2D eigenvalue weighted by molar-refractivity contribution is 6.20. The largest absolute Gasteiger partial charge is 0.304 e. The molecule has 11 heavy (non-hydrogen) atoms. The highest BCUT2D eigenvalue weighted by Gasteiger charge is 2.16. The van der Waals surface area contributed by atoms with Crippen molar-refractivity contribution in [2.45, 2.75) is 12.4 Å². The zero-order valence-corrected chi connectivity index (χ0v) is 8.66. The molecule has 68 valence electrons. The van der Waals surface area contributed by atoms with Crippen LogP contribution in [0.15, 0.2) is 0 Å². The molecule has 1 aliphatic heterocycles. The summed E-state index contributed by atoms with van der Waals surface area (Å²) in [6.07, 6.45) is 0. The van der Waals surface area contributed by atoms with Gasteiger partial charge in [0, 0.05) is 26.2 Å². The van der Waals surface area contributed by atoms with Gasteiger partial charge >= 0.3 is 0 Å². The second kappa shape index (κ2) is 5.20. The van der Waals surface area contributed by atoms with E-state index in [1.165, 1.54) is 0 Å². The fourth-order valence-corrected chi connectivity index (χ4v) is 1.37. The Hall–Kier alpha value is 0.500. The molecule has 1 rings (SSSR count). The summed E-state index contributed by atoms with van der Waals surface area (Å²) < 4.78 is 0. The highest BCUT2D eigenvalue weighted by Crippen LogP contribution is 2.06. The van der Waals surface area contributed by atoms with Gasteiger partial charge in [-0.1, -0.05) is 0 Å². The van der Waals surface area contributed by atoms with Crippen molar-refractivity contribution in [3.63, 3.8) is 0 Å². The SMILES string of the molecule is CC(Cl)N1CCN(C)CC1.Cl. The monoisotopic (exact) mass is 198 g/mol. The molecule has 1 saturated heterocycles. The van der Waals surface area contributed by atoms with Crippen LogP contribution in [0.4, 0.5) is 0 Å². The molecule has 1 fully saturated rings. The standard InChI is InChI=1S/C7H15ClN2.ClH/c1-7(8)10-5-3-9(2)4-6-10;/h7H,3-6H2,1-2H3;1H. The Morgan fingerprint density at radius 1 is 1.18 bits per heavy atom. The van der Waals surface area contributed by atoms with Gasteiger partial charge in [0.15, 0.2) is 0 Å². The van der Waals surface area contributed by atoms with Crippen LogP contribution in [-0.2, 0) is 0 Å². The first-order valence-electron chi connectivity index (χ1n) is 3.77. The average molecular weight is 199 g/mol. The number of alkyl halides is 1. The van der Waals surface area contributed by atoms with E-state index in [1.807, 2.05) is 6.92 Å². The molecular formula is C7H16Cl2N2. The number of piperazine rings is 1. The quantitative estimate of drug-likeness (QED) is 0.463. The number of likely N-dealkylation sites (N-methyl/N-ethyl adjacent to an activating group) is 1. The van der Waals surface area contributed by atoms with Crippen molar-refractivity contribution in [2.75, 3.05) is 33.2 Å². The molecule has 0 spiro atoms. The molecule has 1 unspecified atom stereocenters. The van der Waals surface area contributed by atoms with Crippen molar-refractivity contribution >= 4 is 24.0 Å². The van der Waals surface area contributed by atoms with E-state index in [0.717, 1.165) is 26.2 Å². The molecule has 0 aromatic carbocycles. The maximum absolute atomic E-state index is 5.91. The molecule has 0 N–H and O–H groups in total. The molecule has 1 heterocycles. The van der Waals surface area contributed by atoms with Gasteiger partial charge in [-0.3, -0.25) is 4.90 Å². The lowest BCUT2D eigenvalue weighted by atomic mass is 10.3. The molecule has 0 saturated carbocycles. The zero-order chi connectivity index (χ0) is 7.56. The van der Waals surface area contributed by atoms with Crippen LogP contribution in [0.1, 0.15) is 6.92 Å². The van der Waals surface area contributed by atoms with Gasteiger partial charge in [0.1, 0.15) is 0 Å². The van der Waals surface area contributed by atoms with Crippen LogP contribution >= 0.6 is 24.0 Å². The van der Waals surface area contributed by atoms with Crippen molar-refractivity contribution < 1.29 is 0 Å². The van der Waals surface area contributed by atoms with Gasteiger partial charge in [0.25, 0.3) is 0 Å². The Balaban J connectivity index is 0.000001000. The van der Waals surface area contributed by atoms with Crippen LogP contribution < -0.4 is 0 Å². The fraction of sp³-hybridized carbons (Fsp3) is 1.00. The van der Waals surface area contributed by atoms with Crippen LogP contribution in [0.25, 0.3) is 0 Å². The molecule has 4 heteroatoms. The van der Waals surface area contributed by atoms with Gasteiger partial charge in [-0.05, 0) is 14.0 Å². The van der Waals surface area contributed by atoms with E-state index in [2.05, 4.69) is 16.8 Å². The fourth-order valence-electron chi connectivity index (χ4n) is 1.18. The molecule has 2 nitrogen and oxygen atoms in total. The normalized spacial score (nSPS) is 24.3. The lowest BCUT2D eigenvalue weighted by molar-refractivity contribution is 0.147. The Bertz CT molecular complexity index is 101. The lowest BCUT2D eigenvalue weighted by Crippen LogP contribution is -2.46. The molecule has 0 aromatic heterocycles. The molecule has 1 aliphatic rings. The molecule has 0 radical (unpaired) electrons.